The molecule has 1 aliphatic heterocycles. The Morgan fingerprint density at radius 2 is 1.73 bits per heavy atom. The highest BCUT2D eigenvalue weighted by Crippen LogP contribution is 2.45. The van der Waals surface area contributed by atoms with Gasteiger partial charge in [-0.05, 0) is 24.3 Å². The number of β-amino-alcohol motifs (C(OH)–C–C–N with tert-alkyl or cyclic N) is 1. The fourth-order valence-corrected chi connectivity index (χ4v) is 5.56. The number of aliphatic hydroxyl groups excluding tert-OH is 2. The zero-order valence-electron chi connectivity index (χ0n) is 16.3. The van der Waals surface area contributed by atoms with Crippen LogP contribution in [0.4, 0.5) is 5.69 Å². The SMILES string of the molecule is OCCN1/C(=C/C=C/C=C/c2sc3ccccc3[n+]2CCO)Sc2ccccc21.[Br-]. The van der Waals surface area contributed by atoms with Crippen molar-refractivity contribution in [3.05, 3.63) is 82.9 Å². The Hall–Kier alpha value is -1.90. The molecule has 0 aliphatic carbocycles. The first-order chi connectivity index (χ1) is 14.3. The zero-order chi connectivity index (χ0) is 20.1. The van der Waals surface area contributed by atoms with E-state index in [-0.39, 0.29) is 30.2 Å². The molecule has 1 aromatic heterocycles. The van der Waals surface area contributed by atoms with Crippen molar-refractivity contribution >= 4 is 45.1 Å². The molecule has 2 heterocycles. The van der Waals surface area contributed by atoms with Crippen LogP contribution in [0.25, 0.3) is 16.3 Å². The summed E-state index contributed by atoms with van der Waals surface area (Å²) in [4.78, 5) is 3.36. The van der Waals surface area contributed by atoms with Gasteiger partial charge in [-0.1, -0.05) is 65.6 Å². The second kappa shape index (κ2) is 10.9. The topological polar surface area (TPSA) is 47.6 Å². The summed E-state index contributed by atoms with van der Waals surface area (Å²) in [6.45, 7) is 1.41. The van der Waals surface area contributed by atoms with E-state index in [9.17, 15) is 10.2 Å². The Morgan fingerprint density at radius 1 is 0.933 bits per heavy atom. The number of thioether (sulfide) groups is 1. The lowest BCUT2D eigenvalue weighted by molar-refractivity contribution is -0.670. The summed E-state index contributed by atoms with van der Waals surface area (Å²) in [6.07, 6.45) is 10.2. The van der Waals surface area contributed by atoms with Gasteiger partial charge >= 0.3 is 0 Å². The highest BCUT2D eigenvalue weighted by Gasteiger charge is 2.23. The Morgan fingerprint density at radius 3 is 2.57 bits per heavy atom. The van der Waals surface area contributed by atoms with Crippen molar-refractivity contribution in [2.45, 2.75) is 11.4 Å². The summed E-state index contributed by atoms with van der Waals surface area (Å²) in [7, 11) is 0. The number of para-hydroxylation sites is 2. The van der Waals surface area contributed by atoms with E-state index in [1.807, 2.05) is 42.5 Å². The molecule has 4 rings (SSSR count). The van der Waals surface area contributed by atoms with Crippen LogP contribution in [0.3, 0.4) is 0 Å². The summed E-state index contributed by atoms with van der Waals surface area (Å²) < 4.78 is 3.36. The van der Waals surface area contributed by atoms with Gasteiger partial charge in [0.1, 0.15) is 11.3 Å². The van der Waals surface area contributed by atoms with Gasteiger partial charge in [0.15, 0.2) is 6.54 Å². The van der Waals surface area contributed by atoms with Crippen LogP contribution in [-0.2, 0) is 6.54 Å². The van der Waals surface area contributed by atoms with Crippen molar-refractivity contribution < 1.29 is 31.8 Å². The van der Waals surface area contributed by atoms with Gasteiger partial charge in [-0.15, -0.1) is 0 Å². The second-order valence-electron chi connectivity index (χ2n) is 6.48. The Kier molecular flexibility index (Phi) is 8.30. The number of anilines is 1. The minimum absolute atomic E-state index is 0. The Bertz CT molecular complexity index is 1090. The minimum atomic E-state index is 0. The fourth-order valence-electron chi connectivity index (χ4n) is 3.36. The molecule has 7 heteroatoms. The number of aromatic nitrogens is 1. The molecule has 0 atom stereocenters. The number of rotatable bonds is 7. The maximum atomic E-state index is 9.41. The van der Waals surface area contributed by atoms with Crippen molar-refractivity contribution in [1.29, 1.82) is 0 Å². The third-order valence-corrected chi connectivity index (χ3v) is 6.88. The molecule has 0 bridgehead atoms. The average molecular weight is 503 g/mol. The number of nitrogens with zero attached hydrogens (tertiary/aromatic N) is 2. The number of aliphatic hydroxyl groups is 2. The van der Waals surface area contributed by atoms with E-state index < -0.39 is 0 Å². The van der Waals surface area contributed by atoms with E-state index in [2.05, 4.69) is 45.9 Å². The highest BCUT2D eigenvalue weighted by molar-refractivity contribution is 8.03. The van der Waals surface area contributed by atoms with Crippen molar-refractivity contribution in [3.8, 4) is 0 Å². The summed E-state index contributed by atoms with van der Waals surface area (Å²) in [5, 5.41) is 21.0. The van der Waals surface area contributed by atoms with Crippen LogP contribution in [0.1, 0.15) is 5.01 Å². The normalized spacial score (nSPS) is 14.9. The molecule has 2 N–H and O–H groups in total. The van der Waals surface area contributed by atoms with Crippen molar-refractivity contribution in [2.75, 3.05) is 24.7 Å². The van der Waals surface area contributed by atoms with E-state index >= 15 is 0 Å². The molecule has 3 aromatic rings. The van der Waals surface area contributed by atoms with Crippen LogP contribution < -0.4 is 26.4 Å². The van der Waals surface area contributed by atoms with Crippen molar-refractivity contribution in [1.82, 2.24) is 0 Å². The second-order valence-corrected chi connectivity index (χ2v) is 8.60. The largest absolute Gasteiger partial charge is 1.00 e. The van der Waals surface area contributed by atoms with Gasteiger partial charge in [-0.2, -0.15) is 4.57 Å². The molecule has 0 amide bonds. The number of fused-ring (bicyclic) bond motifs is 2. The van der Waals surface area contributed by atoms with E-state index in [1.165, 1.54) is 9.60 Å². The molecule has 0 saturated carbocycles. The molecule has 1 aliphatic rings. The van der Waals surface area contributed by atoms with E-state index in [0.29, 0.717) is 13.1 Å². The minimum Gasteiger partial charge on any atom is -1.00 e. The van der Waals surface area contributed by atoms with Gasteiger partial charge in [-0.3, -0.25) is 0 Å². The van der Waals surface area contributed by atoms with Crippen LogP contribution in [0.5, 0.6) is 0 Å². The fraction of sp³-hybridized carbons (Fsp3) is 0.174. The monoisotopic (exact) mass is 502 g/mol. The van der Waals surface area contributed by atoms with Crippen LogP contribution in [0.2, 0.25) is 0 Å². The third kappa shape index (κ3) is 4.87. The maximum absolute atomic E-state index is 9.41. The first kappa shape index (κ1) is 22.8. The van der Waals surface area contributed by atoms with Crippen LogP contribution in [0, 0.1) is 0 Å². The molecule has 2 aromatic carbocycles. The predicted molar refractivity (Wildman–Crippen MR) is 122 cm³/mol. The number of hydrogen-bond acceptors (Lipinski definition) is 5. The molecular weight excluding hydrogens is 480 g/mol. The van der Waals surface area contributed by atoms with Crippen molar-refractivity contribution in [2.24, 2.45) is 0 Å². The van der Waals surface area contributed by atoms with Gasteiger partial charge in [0.2, 0.25) is 5.52 Å². The molecule has 4 nitrogen and oxygen atoms in total. The predicted octanol–water partition coefficient (Wildman–Crippen LogP) is 1.20. The van der Waals surface area contributed by atoms with Crippen molar-refractivity contribution in [3.63, 3.8) is 0 Å². The van der Waals surface area contributed by atoms with Crippen LogP contribution >= 0.6 is 23.1 Å². The highest BCUT2D eigenvalue weighted by atomic mass is 79.9. The average Bonchev–Trinajstić information content (AvgIpc) is 3.27. The lowest BCUT2D eigenvalue weighted by atomic mass is 10.3. The van der Waals surface area contributed by atoms with Gasteiger partial charge in [-0.25, -0.2) is 0 Å². The summed E-state index contributed by atoms with van der Waals surface area (Å²) >= 11 is 3.44. The van der Waals surface area contributed by atoms with Gasteiger partial charge in [0.25, 0.3) is 5.01 Å². The molecule has 0 unspecified atom stereocenters. The lowest BCUT2D eigenvalue weighted by Crippen LogP contribution is -3.00. The summed E-state index contributed by atoms with van der Waals surface area (Å²) in [5.41, 5.74) is 2.30. The molecular formula is C23H23BrN2O2S2. The van der Waals surface area contributed by atoms with Gasteiger partial charge < -0.3 is 32.1 Å². The molecule has 156 valence electrons. The van der Waals surface area contributed by atoms with Gasteiger partial charge in [0, 0.05) is 23.6 Å². The number of allylic oxidation sites excluding steroid dienone is 4. The number of halogens is 1. The first-order valence-electron chi connectivity index (χ1n) is 9.54. The third-order valence-electron chi connectivity index (χ3n) is 4.62. The molecule has 0 spiro atoms. The number of thiazole rings is 1. The summed E-state index contributed by atoms with van der Waals surface area (Å²) in [6, 6.07) is 16.5. The molecule has 0 radical (unpaired) electrons. The van der Waals surface area contributed by atoms with Gasteiger partial charge in [0.05, 0.1) is 17.3 Å². The van der Waals surface area contributed by atoms with Crippen LogP contribution in [-0.4, -0.2) is 30.0 Å². The van der Waals surface area contributed by atoms with E-state index in [4.69, 9.17) is 0 Å². The van der Waals surface area contributed by atoms with E-state index in [0.717, 1.165) is 21.2 Å². The summed E-state index contributed by atoms with van der Waals surface area (Å²) in [5.74, 6) is 0. The molecule has 0 fully saturated rings. The number of hydrogen-bond donors (Lipinski definition) is 2. The van der Waals surface area contributed by atoms with E-state index in [1.54, 1.807) is 23.1 Å². The standard InChI is InChI=1S/C23H23N2O2S2.BrH/c26-16-14-24-18-8-4-6-10-20(18)28-22(24)12-2-1-3-13-23-25(15-17-27)19-9-5-7-11-21(19)29-23;/h1-13,26-27H,14-17H2;1H/q+1;/p-1. The van der Waals surface area contributed by atoms with Crippen LogP contribution in [0.15, 0.2) is 82.8 Å². The Labute approximate surface area is 195 Å². The Balaban J connectivity index is 0.00000256. The smallest absolute Gasteiger partial charge is 0.262 e. The molecule has 30 heavy (non-hydrogen) atoms. The number of benzene rings is 2. The quantitative estimate of drug-likeness (QED) is 0.376. The lowest BCUT2D eigenvalue weighted by Gasteiger charge is -2.18. The zero-order valence-corrected chi connectivity index (χ0v) is 19.5. The molecule has 0 saturated heterocycles. The maximum Gasteiger partial charge on any atom is 0.262 e. The first-order valence-corrected chi connectivity index (χ1v) is 11.2.